The molecular formula is C5H12O3S. The van der Waals surface area contributed by atoms with Gasteiger partial charge in [0.15, 0.2) is 0 Å². The largest absolute Gasteiger partial charge is 0.394 e. The van der Waals surface area contributed by atoms with Crippen LogP contribution in [0.3, 0.4) is 0 Å². The molecule has 3 nitrogen and oxygen atoms in total. The van der Waals surface area contributed by atoms with Gasteiger partial charge in [-0.1, -0.05) is 6.92 Å². The van der Waals surface area contributed by atoms with Crippen LogP contribution in [0, 0.1) is 0 Å². The Labute approximate surface area is 59.7 Å². The second-order valence-corrected chi connectivity index (χ2v) is 2.80. The second-order valence-electron chi connectivity index (χ2n) is 1.98. The molecular weight excluding hydrogens is 140 g/mol. The molecule has 0 spiro atoms. The smallest absolute Gasteiger partial charge is 0.104 e. The van der Waals surface area contributed by atoms with Gasteiger partial charge in [0.2, 0.25) is 0 Å². The molecule has 56 valence electrons. The highest BCUT2D eigenvalue weighted by Crippen LogP contribution is 2.04. The van der Waals surface area contributed by atoms with Crippen molar-refractivity contribution in [2.75, 3.05) is 6.61 Å². The van der Waals surface area contributed by atoms with Crippen molar-refractivity contribution < 1.29 is 15.3 Å². The van der Waals surface area contributed by atoms with Gasteiger partial charge in [-0.15, -0.1) is 0 Å². The van der Waals surface area contributed by atoms with E-state index in [9.17, 15) is 0 Å². The van der Waals surface area contributed by atoms with Gasteiger partial charge >= 0.3 is 0 Å². The number of hydrogen-bond acceptors (Lipinski definition) is 4. The Morgan fingerprint density at radius 3 is 2.00 bits per heavy atom. The first kappa shape index (κ1) is 9.23. The summed E-state index contributed by atoms with van der Waals surface area (Å²) in [4.78, 5) is 0. The minimum absolute atomic E-state index is 0.313. The van der Waals surface area contributed by atoms with Gasteiger partial charge in [-0.2, -0.15) is 12.6 Å². The number of rotatable bonds is 3. The third kappa shape index (κ3) is 3.05. The molecule has 0 aliphatic rings. The number of hydrogen-bond donors (Lipinski definition) is 4. The molecule has 9 heavy (non-hydrogen) atoms. The van der Waals surface area contributed by atoms with Crippen LogP contribution in [0.2, 0.25) is 0 Å². The van der Waals surface area contributed by atoms with Crippen LogP contribution in [-0.2, 0) is 0 Å². The van der Waals surface area contributed by atoms with Crippen molar-refractivity contribution in [1.29, 1.82) is 0 Å². The predicted molar refractivity (Wildman–Crippen MR) is 37.5 cm³/mol. The van der Waals surface area contributed by atoms with Crippen LogP contribution < -0.4 is 0 Å². The van der Waals surface area contributed by atoms with Gasteiger partial charge in [0.05, 0.1) is 12.7 Å². The number of thiol groups is 1. The Balaban J connectivity index is 3.58. The number of aliphatic hydroxyl groups excluding tert-OH is 3. The number of aliphatic hydroxyl groups is 3. The standard InChI is InChI=1S/C5H12O3S/c1-3(9)5(8)4(7)2-6/h3-9H,2H2,1H3. The summed E-state index contributed by atoms with van der Waals surface area (Å²) in [6.07, 6.45) is -2.02. The molecule has 0 radical (unpaired) electrons. The lowest BCUT2D eigenvalue weighted by Crippen LogP contribution is -2.35. The van der Waals surface area contributed by atoms with Gasteiger partial charge in [0.1, 0.15) is 6.10 Å². The Kier molecular flexibility index (Phi) is 4.22. The van der Waals surface area contributed by atoms with Crippen molar-refractivity contribution in [3.8, 4) is 0 Å². The van der Waals surface area contributed by atoms with Crippen LogP contribution in [0.1, 0.15) is 6.92 Å². The van der Waals surface area contributed by atoms with E-state index in [0.29, 0.717) is 0 Å². The molecule has 0 aromatic carbocycles. The Morgan fingerprint density at radius 1 is 1.44 bits per heavy atom. The molecule has 0 aromatic heterocycles. The minimum Gasteiger partial charge on any atom is -0.394 e. The maximum atomic E-state index is 8.91. The molecule has 0 amide bonds. The van der Waals surface area contributed by atoms with Gasteiger partial charge in [-0.3, -0.25) is 0 Å². The van der Waals surface area contributed by atoms with E-state index in [1.807, 2.05) is 0 Å². The summed E-state index contributed by atoms with van der Waals surface area (Å²) in [6, 6.07) is 0. The lowest BCUT2D eigenvalue weighted by atomic mass is 10.1. The predicted octanol–water partition coefficient (Wildman–Crippen LogP) is -0.981. The maximum absolute atomic E-state index is 8.91. The molecule has 0 aliphatic carbocycles. The van der Waals surface area contributed by atoms with E-state index in [-0.39, 0.29) is 5.25 Å². The molecule has 3 atom stereocenters. The van der Waals surface area contributed by atoms with Crippen molar-refractivity contribution in [2.24, 2.45) is 0 Å². The Bertz CT molecular complexity index is 76.6. The average molecular weight is 152 g/mol. The molecule has 0 fully saturated rings. The van der Waals surface area contributed by atoms with Crippen LogP contribution in [0.5, 0.6) is 0 Å². The summed E-state index contributed by atoms with van der Waals surface area (Å²) in [5, 5.41) is 25.7. The van der Waals surface area contributed by atoms with Crippen LogP contribution in [0.25, 0.3) is 0 Å². The maximum Gasteiger partial charge on any atom is 0.104 e. The summed E-state index contributed by atoms with van der Waals surface area (Å²) in [5.41, 5.74) is 0. The van der Waals surface area contributed by atoms with Gasteiger partial charge < -0.3 is 15.3 Å². The van der Waals surface area contributed by atoms with Crippen LogP contribution >= 0.6 is 12.6 Å². The van der Waals surface area contributed by atoms with Crippen molar-refractivity contribution in [1.82, 2.24) is 0 Å². The van der Waals surface area contributed by atoms with Crippen molar-refractivity contribution >= 4 is 12.6 Å². The summed E-state index contributed by atoms with van der Waals surface area (Å²) in [6.45, 7) is 1.22. The fourth-order valence-electron chi connectivity index (χ4n) is 0.429. The highest BCUT2D eigenvalue weighted by atomic mass is 32.1. The SMILES string of the molecule is CC(S)C(O)C(O)CO. The quantitative estimate of drug-likeness (QED) is 0.393. The summed E-state index contributed by atoms with van der Waals surface area (Å²) >= 11 is 3.87. The molecule has 0 heterocycles. The van der Waals surface area contributed by atoms with Crippen LogP contribution in [0.15, 0.2) is 0 Å². The first-order chi connectivity index (χ1) is 4.09. The van der Waals surface area contributed by atoms with E-state index < -0.39 is 18.8 Å². The highest BCUT2D eigenvalue weighted by Gasteiger charge is 2.18. The zero-order chi connectivity index (χ0) is 7.44. The monoisotopic (exact) mass is 152 g/mol. The Morgan fingerprint density at radius 2 is 1.89 bits per heavy atom. The van der Waals surface area contributed by atoms with Gasteiger partial charge in [0, 0.05) is 5.25 Å². The third-order valence-corrected chi connectivity index (χ3v) is 1.38. The fraction of sp³-hybridized carbons (Fsp3) is 1.00. The minimum atomic E-state index is -1.07. The van der Waals surface area contributed by atoms with E-state index in [4.69, 9.17) is 15.3 Å². The third-order valence-electron chi connectivity index (χ3n) is 1.08. The van der Waals surface area contributed by atoms with Crippen LogP contribution in [0.4, 0.5) is 0 Å². The van der Waals surface area contributed by atoms with Crippen molar-refractivity contribution in [2.45, 2.75) is 24.4 Å². The van der Waals surface area contributed by atoms with Crippen molar-refractivity contribution in [3.05, 3.63) is 0 Å². The lowest BCUT2D eigenvalue weighted by molar-refractivity contribution is -0.0121. The van der Waals surface area contributed by atoms with Crippen LogP contribution in [-0.4, -0.2) is 39.4 Å². The van der Waals surface area contributed by atoms with Gasteiger partial charge in [0.25, 0.3) is 0 Å². The van der Waals surface area contributed by atoms with E-state index in [0.717, 1.165) is 0 Å². The zero-order valence-corrected chi connectivity index (χ0v) is 6.12. The summed E-state index contributed by atoms with van der Waals surface area (Å²) < 4.78 is 0. The normalized spacial score (nSPS) is 21.0. The lowest BCUT2D eigenvalue weighted by Gasteiger charge is -2.17. The molecule has 3 unspecified atom stereocenters. The first-order valence-corrected chi connectivity index (χ1v) is 3.26. The van der Waals surface area contributed by atoms with E-state index in [1.54, 1.807) is 6.92 Å². The van der Waals surface area contributed by atoms with Gasteiger partial charge in [-0.25, -0.2) is 0 Å². The molecule has 0 saturated carbocycles. The van der Waals surface area contributed by atoms with Crippen molar-refractivity contribution in [3.63, 3.8) is 0 Å². The highest BCUT2D eigenvalue weighted by molar-refractivity contribution is 7.81. The molecule has 0 saturated heterocycles. The molecule has 0 rings (SSSR count). The topological polar surface area (TPSA) is 60.7 Å². The second kappa shape index (κ2) is 4.11. The fourth-order valence-corrected chi connectivity index (χ4v) is 0.628. The summed E-state index contributed by atoms with van der Waals surface area (Å²) in [7, 11) is 0. The molecule has 0 bridgehead atoms. The zero-order valence-electron chi connectivity index (χ0n) is 5.23. The molecule has 3 N–H and O–H groups in total. The first-order valence-electron chi connectivity index (χ1n) is 2.74. The molecule has 0 aliphatic heterocycles. The summed E-state index contributed by atoms with van der Waals surface area (Å²) in [5.74, 6) is 0. The van der Waals surface area contributed by atoms with E-state index in [1.165, 1.54) is 0 Å². The van der Waals surface area contributed by atoms with E-state index >= 15 is 0 Å². The van der Waals surface area contributed by atoms with E-state index in [2.05, 4.69) is 12.6 Å². The molecule has 0 aromatic rings. The van der Waals surface area contributed by atoms with Gasteiger partial charge in [-0.05, 0) is 0 Å². The average Bonchev–Trinajstić information content (AvgIpc) is 1.84. The Hall–Kier alpha value is 0.230. The molecule has 4 heteroatoms.